The number of carbonyl (C=O) groups excluding carboxylic acids is 1. The Bertz CT molecular complexity index is 475. The Hall–Kier alpha value is -1.82. The molecule has 0 atom stereocenters. The van der Waals surface area contributed by atoms with E-state index < -0.39 is 4.92 Å². The van der Waals surface area contributed by atoms with Gasteiger partial charge in [0, 0.05) is 19.2 Å². The molecule has 19 heavy (non-hydrogen) atoms. The number of non-ortho nitro benzene ring substituents is 1. The van der Waals surface area contributed by atoms with Gasteiger partial charge >= 0.3 is 0 Å². The van der Waals surface area contributed by atoms with Crippen LogP contribution >= 0.6 is 11.6 Å². The molecular formula is C12H15ClN2O4. The van der Waals surface area contributed by atoms with Crippen LogP contribution in [0.2, 0.25) is 5.02 Å². The fraction of sp³-hybridized carbons (Fsp3) is 0.417. The average Bonchev–Trinajstić information content (AvgIpc) is 2.38. The summed E-state index contributed by atoms with van der Waals surface area (Å²) in [5.41, 5.74) is -0.130. The third-order valence-electron chi connectivity index (χ3n) is 2.59. The lowest BCUT2D eigenvalue weighted by molar-refractivity contribution is -0.384. The molecule has 7 heteroatoms. The molecule has 0 radical (unpaired) electrons. The normalized spacial score (nSPS) is 10.1. The Morgan fingerprint density at radius 3 is 2.58 bits per heavy atom. The molecule has 0 unspecified atom stereocenters. The lowest BCUT2D eigenvalue weighted by Crippen LogP contribution is -2.34. The van der Waals surface area contributed by atoms with E-state index in [1.807, 2.05) is 13.8 Å². The van der Waals surface area contributed by atoms with Crippen molar-refractivity contribution in [3.8, 4) is 5.75 Å². The largest absolute Gasteiger partial charge is 0.482 e. The number of halogens is 1. The van der Waals surface area contributed by atoms with E-state index in [-0.39, 0.29) is 29.0 Å². The number of carbonyl (C=O) groups is 1. The maximum atomic E-state index is 11.7. The topological polar surface area (TPSA) is 72.7 Å². The van der Waals surface area contributed by atoms with Crippen molar-refractivity contribution >= 4 is 23.2 Å². The quantitative estimate of drug-likeness (QED) is 0.595. The van der Waals surface area contributed by atoms with Crippen molar-refractivity contribution in [2.45, 2.75) is 13.8 Å². The second-order valence-corrected chi connectivity index (χ2v) is 4.13. The second-order valence-electron chi connectivity index (χ2n) is 3.73. The molecule has 0 aliphatic rings. The van der Waals surface area contributed by atoms with Gasteiger partial charge in [-0.05, 0) is 19.9 Å². The maximum absolute atomic E-state index is 11.7. The Morgan fingerprint density at radius 2 is 2.05 bits per heavy atom. The Morgan fingerprint density at radius 1 is 1.42 bits per heavy atom. The van der Waals surface area contributed by atoms with E-state index in [1.54, 1.807) is 4.90 Å². The van der Waals surface area contributed by atoms with Crippen LogP contribution in [-0.2, 0) is 4.79 Å². The number of benzene rings is 1. The highest BCUT2D eigenvalue weighted by atomic mass is 35.5. The first-order valence-electron chi connectivity index (χ1n) is 5.84. The average molecular weight is 287 g/mol. The number of rotatable bonds is 6. The lowest BCUT2D eigenvalue weighted by atomic mass is 10.3. The molecule has 0 spiro atoms. The monoisotopic (exact) mass is 286 g/mol. The van der Waals surface area contributed by atoms with Gasteiger partial charge < -0.3 is 9.64 Å². The summed E-state index contributed by atoms with van der Waals surface area (Å²) in [6.45, 7) is 4.70. The van der Waals surface area contributed by atoms with Crippen LogP contribution in [0, 0.1) is 10.1 Å². The first-order valence-corrected chi connectivity index (χ1v) is 6.21. The summed E-state index contributed by atoms with van der Waals surface area (Å²) >= 11 is 5.86. The highest BCUT2D eigenvalue weighted by Gasteiger charge is 2.14. The van der Waals surface area contributed by atoms with Gasteiger partial charge in [-0.1, -0.05) is 11.6 Å². The fourth-order valence-electron chi connectivity index (χ4n) is 1.52. The van der Waals surface area contributed by atoms with Crippen LogP contribution in [0.5, 0.6) is 5.75 Å². The van der Waals surface area contributed by atoms with Crippen molar-refractivity contribution in [2.24, 2.45) is 0 Å². The first kappa shape index (κ1) is 15.2. The standard InChI is InChI=1S/C12H15ClN2O4/c1-3-14(4-2)12(16)8-19-11-7-9(15(17)18)5-6-10(11)13/h5-7H,3-4,8H2,1-2H3. The molecule has 1 amide bonds. The second kappa shape index (κ2) is 6.94. The zero-order valence-corrected chi connectivity index (χ0v) is 11.5. The molecule has 0 saturated carbocycles. The summed E-state index contributed by atoms with van der Waals surface area (Å²) < 4.78 is 5.25. The molecule has 1 aromatic rings. The van der Waals surface area contributed by atoms with Crippen LogP contribution in [0.15, 0.2) is 18.2 Å². The highest BCUT2D eigenvalue weighted by Crippen LogP contribution is 2.28. The molecule has 0 N–H and O–H groups in total. The summed E-state index contributed by atoms with van der Waals surface area (Å²) in [5.74, 6) is -0.0519. The first-order chi connectivity index (χ1) is 8.99. The van der Waals surface area contributed by atoms with Crippen molar-refractivity contribution < 1.29 is 14.5 Å². The van der Waals surface area contributed by atoms with Crippen LogP contribution < -0.4 is 4.74 Å². The van der Waals surface area contributed by atoms with Gasteiger partial charge in [-0.2, -0.15) is 0 Å². The number of hydrogen-bond donors (Lipinski definition) is 0. The van der Waals surface area contributed by atoms with Gasteiger partial charge in [0.15, 0.2) is 6.61 Å². The van der Waals surface area contributed by atoms with Crippen molar-refractivity contribution in [3.05, 3.63) is 33.3 Å². The minimum Gasteiger partial charge on any atom is -0.482 e. The van der Waals surface area contributed by atoms with Gasteiger partial charge in [0.2, 0.25) is 0 Å². The van der Waals surface area contributed by atoms with E-state index in [9.17, 15) is 14.9 Å². The molecule has 0 fully saturated rings. The minimum atomic E-state index is -0.546. The number of ether oxygens (including phenoxy) is 1. The van der Waals surface area contributed by atoms with Gasteiger partial charge in [-0.3, -0.25) is 14.9 Å². The summed E-state index contributed by atoms with van der Waals surface area (Å²) in [5, 5.41) is 10.9. The highest BCUT2D eigenvalue weighted by molar-refractivity contribution is 6.32. The number of amides is 1. The van der Waals surface area contributed by atoms with Gasteiger partial charge in [0.05, 0.1) is 16.0 Å². The zero-order chi connectivity index (χ0) is 14.4. The van der Waals surface area contributed by atoms with Gasteiger partial charge in [-0.25, -0.2) is 0 Å². The minimum absolute atomic E-state index is 0.130. The van der Waals surface area contributed by atoms with E-state index in [0.717, 1.165) is 0 Å². The Balaban J connectivity index is 2.74. The molecule has 6 nitrogen and oxygen atoms in total. The van der Waals surface area contributed by atoms with E-state index in [0.29, 0.717) is 13.1 Å². The van der Waals surface area contributed by atoms with Crippen LogP contribution in [0.1, 0.15) is 13.8 Å². The zero-order valence-electron chi connectivity index (χ0n) is 10.8. The third kappa shape index (κ3) is 4.10. The number of likely N-dealkylation sites (N-methyl/N-ethyl adjacent to an activating group) is 1. The molecular weight excluding hydrogens is 272 g/mol. The predicted molar refractivity (Wildman–Crippen MR) is 71.5 cm³/mol. The lowest BCUT2D eigenvalue weighted by Gasteiger charge is -2.18. The molecule has 0 aliphatic carbocycles. The van der Waals surface area contributed by atoms with Crippen LogP contribution in [0.3, 0.4) is 0 Å². The van der Waals surface area contributed by atoms with Crippen LogP contribution in [-0.4, -0.2) is 35.4 Å². The van der Waals surface area contributed by atoms with Crippen molar-refractivity contribution in [1.82, 2.24) is 4.90 Å². The Kier molecular flexibility index (Phi) is 5.57. The molecule has 0 aliphatic heterocycles. The van der Waals surface area contributed by atoms with E-state index >= 15 is 0 Å². The summed E-state index contributed by atoms with van der Waals surface area (Å²) in [6.07, 6.45) is 0. The van der Waals surface area contributed by atoms with E-state index in [4.69, 9.17) is 16.3 Å². The number of nitro groups is 1. The van der Waals surface area contributed by atoms with E-state index in [1.165, 1.54) is 18.2 Å². The molecule has 0 heterocycles. The van der Waals surface area contributed by atoms with Crippen LogP contribution in [0.25, 0.3) is 0 Å². The van der Waals surface area contributed by atoms with Gasteiger partial charge in [0.1, 0.15) is 5.75 Å². The molecule has 0 bridgehead atoms. The maximum Gasteiger partial charge on any atom is 0.273 e. The number of nitrogens with zero attached hydrogens (tertiary/aromatic N) is 2. The van der Waals surface area contributed by atoms with Gasteiger partial charge in [0.25, 0.3) is 11.6 Å². The number of nitro benzene ring substituents is 1. The third-order valence-corrected chi connectivity index (χ3v) is 2.91. The van der Waals surface area contributed by atoms with Gasteiger partial charge in [-0.15, -0.1) is 0 Å². The SMILES string of the molecule is CCN(CC)C(=O)COc1cc([N+](=O)[O-])ccc1Cl. The number of hydrogen-bond acceptors (Lipinski definition) is 4. The van der Waals surface area contributed by atoms with Crippen molar-refractivity contribution in [3.63, 3.8) is 0 Å². The summed E-state index contributed by atoms with van der Waals surface area (Å²) in [6, 6.07) is 3.86. The Labute approximate surface area is 116 Å². The summed E-state index contributed by atoms with van der Waals surface area (Å²) in [4.78, 5) is 23.4. The molecule has 1 rings (SSSR count). The molecule has 104 valence electrons. The predicted octanol–water partition coefficient (Wildman–Crippen LogP) is 2.50. The summed E-state index contributed by atoms with van der Waals surface area (Å²) in [7, 11) is 0. The van der Waals surface area contributed by atoms with Crippen molar-refractivity contribution in [1.29, 1.82) is 0 Å². The smallest absolute Gasteiger partial charge is 0.273 e. The fourth-order valence-corrected chi connectivity index (χ4v) is 1.70. The molecule has 1 aromatic carbocycles. The van der Waals surface area contributed by atoms with Crippen molar-refractivity contribution in [2.75, 3.05) is 19.7 Å². The molecule has 0 saturated heterocycles. The van der Waals surface area contributed by atoms with Crippen LogP contribution in [0.4, 0.5) is 5.69 Å². The van der Waals surface area contributed by atoms with E-state index in [2.05, 4.69) is 0 Å². The molecule has 0 aromatic heterocycles.